The summed E-state index contributed by atoms with van der Waals surface area (Å²) in [6, 6.07) is 14.7. The largest absolute Gasteiger partial charge is 0.303 e. The van der Waals surface area contributed by atoms with E-state index in [1.165, 1.54) is 0 Å². The standard InChI is InChI=1S/C17H18N4O2S2.ClH/c1-20-10-11-21(15(12-20)13-6-3-2-4-7-13)25(22,23)16-9-5-8-14-17(16)19-24-18-14;/h2-9,15H,10-12H2,1H3;1H. The molecule has 1 aliphatic heterocycles. The Kier molecular flexibility index (Phi) is 5.59. The van der Waals surface area contributed by atoms with Crippen molar-refractivity contribution in [2.24, 2.45) is 0 Å². The van der Waals surface area contributed by atoms with Crippen molar-refractivity contribution in [1.29, 1.82) is 0 Å². The highest BCUT2D eigenvalue weighted by molar-refractivity contribution is 7.89. The summed E-state index contributed by atoms with van der Waals surface area (Å²) in [4.78, 5) is 2.40. The lowest BCUT2D eigenvalue weighted by Crippen LogP contribution is -2.49. The summed E-state index contributed by atoms with van der Waals surface area (Å²) < 4.78 is 36.8. The fraction of sp³-hybridized carbons (Fsp3) is 0.294. The molecule has 1 aromatic heterocycles. The summed E-state index contributed by atoms with van der Waals surface area (Å²) in [6.07, 6.45) is 0. The van der Waals surface area contributed by atoms with Crippen LogP contribution in [-0.4, -0.2) is 53.1 Å². The highest BCUT2D eigenvalue weighted by Crippen LogP contribution is 2.33. The van der Waals surface area contributed by atoms with Crippen molar-refractivity contribution in [2.75, 3.05) is 26.7 Å². The first-order valence-electron chi connectivity index (χ1n) is 8.04. The molecule has 0 N–H and O–H groups in total. The average molecular weight is 411 g/mol. The van der Waals surface area contributed by atoms with Gasteiger partial charge in [0.2, 0.25) is 10.0 Å². The Morgan fingerprint density at radius 1 is 1.04 bits per heavy atom. The van der Waals surface area contributed by atoms with Crippen molar-refractivity contribution in [3.8, 4) is 0 Å². The van der Waals surface area contributed by atoms with Gasteiger partial charge in [0.1, 0.15) is 15.9 Å². The van der Waals surface area contributed by atoms with Gasteiger partial charge >= 0.3 is 0 Å². The normalized spacial score (nSPS) is 19.3. The van der Waals surface area contributed by atoms with Gasteiger partial charge in [-0.3, -0.25) is 0 Å². The van der Waals surface area contributed by atoms with Crippen LogP contribution < -0.4 is 0 Å². The summed E-state index contributed by atoms with van der Waals surface area (Å²) in [5, 5.41) is 0. The molecule has 0 radical (unpaired) electrons. The van der Waals surface area contributed by atoms with Gasteiger partial charge in [0.15, 0.2) is 0 Å². The van der Waals surface area contributed by atoms with Gasteiger partial charge < -0.3 is 4.90 Å². The van der Waals surface area contributed by atoms with E-state index in [9.17, 15) is 8.42 Å². The van der Waals surface area contributed by atoms with Crippen molar-refractivity contribution in [1.82, 2.24) is 18.0 Å². The van der Waals surface area contributed by atoms with Crippen molar-refractivity contribution in [2.45, 2.75) is 10.9 Å². The molecule has 0 bridgehead atoms. The summed E-state index contributed by atoms with van der Waals surface area (Å²) in [5.41, 5.74) is 2.08. The van der Waals surface area contributed by atoms with E-state index in [0.29, 0.717) is 30.7 Å². The van der Waals surface area contributed by atoms with Crippen LogP contribution in [0.4, 0.5) is 0 Å². The highest BCUT2D eigenvalue weighted by atomic mass is 35.5. The van der Waals surface area contributed by atoms with E-state index < -0.39 is 10.0 Å². The minimum Gasteiger partial charge on any atom is -0.303 e. The molecule has 0 amide bonds. The van der Waals surface area contributed by atoms with Crippen LogP contribution in [-0.2, 0) is 10.0 Å². The van der Waals surface area contributed by atoms with E-state index in [1.807, 2.05) is 37.4 Å². The first-order chi connectivity index (χ1) is 12.1. The molecule has 1 unspecified atom stereocenters. The smallest absolute Gasteiger partial charge is 0.245 e. The SMILES string of the molecule is CN1CCN(S(=O)(=O)c2cccc3nsnc23)C(c2ccccc2)C1.Cl. The molecule has 9 heteroatoms. The number of sulfonamides is 1. The Bertz CT molecular complexity index is 994. The molecule has 4 rings (SSSR count). The quantitative estimate of drug-likeness (QED) is 0.664. The summed E-state index contributed by atoms with van der Waals surface area (Å²) in [7, 11) is -1.65. The number of likely N-dealkylation sites (N-methyl/N-ethyl adjacent to an activating group) is 1. The molecule has 138 valence electrons. The van der Waals surface area contributed by atoms with Crippen molar-refractivity contribution >= 4 is 45.2 Å². The second kappa shape index (κ2) is 7.58. The lowest BCUT2D eigenvalue weighted by molar-refractivity contribution is 0.161. The maximum atomic E-state index is 13.4. The van der Waals surface area contributed by atoms with Gasteiger partial charge in [-0.25, -0.2) is 8.42 Å². The number of benzene rings is 2. The molecule has 1 saturated heterocycles. The van der Waals surface area contributed by atoms with Crippen LogP contribution in [0, 0.1) is 0 Å². The van der Waals surface area contributed by atoms with E-state index in [4.69, 9.17) is 0 Å². The summed E-state index contributed by atoms with van der Waals surface area (Å²) >= 11 is 1.04. The molecular formula is C17H19ClN4O2S2. The van der Waals surface area contributed by atoms with Gasteiger partial charge in [-0.15, -0.1) is 12.4 Å². The van der Waals surface area contributed by atoms with Gasteiger partial charge in [0, 0.05) is 19.6 Å². The Morgan fingerprint density at radius 2 is 1.81 bits per heavy atom. The number of nitrogens with zero attached hydrogens (tertiary/aromatic N) is 4. The number of fused-ring (bicyclic) bond motifs is 1. The molecule has 2 aromatic carbocycles. The van der Waals surface area contributed by atoms with Gasteiger partial charge in [0.05, 0.1) is 17.8 Å². The predicted molar refractivity (Wildman–Crippen MR) is 105 cm³/mol. The fourth-order valence-electron chi connectivity index (χ4n) is 3.25. The minimum atomic E-state index is -3.67. The second-order valence-corrected chi connectivity index (χ2v) is 8.58. The third-order valence-corrected chi connectivity index (χ3v) is 7.04. The third-order valence-electron chi connectivity index (χ3n) is 4.55. The van der Waals surface area contributed by atoms with Gasteiger partial charge in [-0.1, -0.05) is 36.4 Å². The van der Waals surface area contributed by atoms with E-state index in [2.05, 4.69) is 13.6 Å². The number of hydrogen-bond donors (Lipinski definition) is 0. The first-order valence-corrected chi connectivity index (χ1v) is 10.2. The summed E-state index contributed by atoms with van der Waals surface area (Å²) in [5.74, 6) is 0. The molecule has 0 aliphatic carbocycles. The van der Waals surface area contributed by atoms with E-state index in [1.54, 1.807) is 22.5 Å². The second-order valence-electron chi connectivity index (χ2n) is 6.19. The molecule has 1 fully saturated rings. The third kappa shape index (κ3) is 3.35. The molecule has 6 nitrogen and oxygen atoms in total. The topological polar surface area (TPSA) is 66.4 Å². The zero-order chi connectivity index (χ0) is 17.4. The Balaban J connectivity index is 0.00000196. The van der Waals surface area contributed by atoms with Gasteiger partial charge in [-0.2, -0.15) is 13.1 Å². The predicted octanol–water partition coefficient (Wildman–Crippen LogP) is 2.79. The number of rotatable bonds is 3. The maximum Gasteiger partial charge on any atom is 0.245 e. The fourth-order valence-corrected chi connectivity index (χ4v) is 5.60. The lowest BCUT2D eigenvalue weighted by Gasteiger charge is -2.39. The first kappa shape index (κ1) is 19.2. The van der Waals surface area contributed by atoms with Gasteiger partial charge in [-0.05, 0) is 24.7 Å². The number of piperazine rings is 1. The number of hydrogen-bond acceptors (Lipinski definition) is 6. The number of halogens is 1. The molecular weight excluding hydrogens is 392 g/mol. The van der Waals surface area contributed by atoms with Crippen LogP contribution in [0.5, 0.6) is 0 Å². The van der Waals surface area contributed by atoms with Crippen LogP contribution in [0.1, 0.15) is 11.6 Å². The van der Waals surface area contributed by atoms with E-state index >= 15 is 0 Å². The Labute approximate surface area is 163 Å². The van der Waals surface area contributed by atoms with E-state index in [0.717, 1.165) is 17.3 Å². The molecule has 1 atom stereocenters. The zero-order valence-electron chi connectivity index (χ0n) is 14.1. The minimum absolute atomic E-state index is 0. The van der Waals surface area contributed by atoms with Gasteiger partial charge in [0.25, 0.3) is 0 Å². The molecule has 1 aliphatic rings. The Hall–Kier alpha value is -1.58. The average Bonchev–Trinajstić information content (AvgIpc) is 3.10. The van der Waals surface area contributed by atoms with Crippen molar-refractivity contribution in [3.05, 3.63) is 54.1 Å². The van der Waals surface area contributed by atoms with Crippen LogP contribution in [0.3, 0.4) is 0 Å². The number of aromatic nitrogens is 2. The van der Waals surface area contributed by atoms with Crippen LogP contribution >= 0.6 is 24.1 Å². The molecule has 26 heavy (non-hydrogen) atoms. The van der Waals surface area contributed by atoms with Crippen LogP contribution in [0.2, 0.25) is 0 Å². The molecule has 3 aromatic rings. The molecule has 2 heterocycles. The maximum absolute atomic E-state index is 13.4. The molecule has 0 spiro atoms. The summed E-state index contributed by atoms with van der Waals surface area (Å²) in [6.45, 7) is 1.81. The monoisotopic (exact) mass is 410 g/mol. The van der Waals surface area contributed by atoms with Crippen molar-refractivity contribution < 1.29 is 8.42 Å². The highest BCUT2D eigenvalue weighted by Gasteiger charge is 2.37. The Morgan fingerprint density at radius 3 is 2.58 bits per heavy atom. The van der Waals surface area contributed by atoms with Crippen molar-refractivity contribution in [3.63, 3.8) is 0 Å². The zero-order valence-corrected chi connectivity index (χ0v) is 16.6. The van der Waals surface area contributed by atoms with Crippen LogP contribution in [0.25, 0.3) is 11.0 Å². The van der Waals surface area contributed by atoms with E-state index in [-0.39, 0.29) is 23.3 Å². The lowest BCUT2D eigenvalue weighted by atomic mass is 10.1. The van der Waals surface area contributed by atoms with Crippen LogP contribution in [0.15, 0.2) is 53.4 Å². The molecule has 0 saturated carbocycles.